The first kappa shape index (κ1) is 22.7. The number of aromatic nitrogens is 3. The Morgan fingerprint density at radius 2 is 1.55 bits per heavy atom. The standard InChI is InChI=1S/C23H21F2N5O2S/c24-18-10-17(11-19(25)13-18)14-27-15-22-28-23(12-16-4-2-1-3-5-16)30(29-22)20-6-8-21(9-7-20)33(26,31)32/h1-11,13,27H,12,14-15H2,(H2,26,31,32). The number of benzene rings is 3. The number of primary sulfonamides is 1. The Hall–Kier alpha value is -3.47. The minimum absolute atomic E-state index is 0.000176. The molecule has 33 heavy (non-hydrogen) atoms. The Balaban J connectivity index is 1.57. The van der Waals surface area contributed by atoms with E-state index in [1.807, 2.05) is 30.3 Å². The third kappa shape index (κ3) is 5.86. The molecule has 10 heteroatoms. The van der Waals surface area contributed by atoms with E-state index in [4.69, 9.17) is 5.14 Å². The fourth-order valence-electron chi connectivity index (χ4n) is 3.38. The molecule has 1 heterocycles. The van der Waals surface area contributed by atoms with Gasteiger partial charge < -0.3 is 5.32 Å². The number of hydrogen-bond acceptors (Lipinski definition) is 5. The van der Waals surface area contributed by atoms with Gasteiger partial charge >= 0.3 is 0 Å². The van der Waals surface area contributed by atoms with Gasteiger partial charge in [-0.05, 0) is 47.5 Å². The van der Waals surface area contributed by atoms with Gasteiger partial charge in [0.1, 0.15) is 17.5 Å². The molecule has 0 atom stereocenters. The molecule has 0 bridgehead atoms. The lowest BCUT2D eigenvalue weighted by molar-refractivity contribution is 0.573. The highest BCUT2D eigenvalue weighted by Gasteiger charge is 2.14. The Bertz CT molecular complexity index is 1340. The average Bonchev–Trinajstić information content (AvgIpc) is 3.16. The number of nitrogens with two attached hydrogens (primary N) is 1. The summed E-state index contributed by atoms with van der Waals surface area (Å²) in [7, 11) is -3.81. The van der Waals surface area contributed by atoms with Crippen molar-refractivity contribution in [1.82, 2.24) is 20.1 Å². The number of hydrogen-bond donors (Lipinski definition) is 2. The van der Waals surface area contributed by atoms with Gasteiger partial charge in [0, 0.05) is 19.0 Å². The van der Waals surface area contributed by atoms with Crippen molar-refractivity contribution in [2.75, 3.05) is 0 Å². The molecule has 7 nitrogen and oxygen atoms in total. The molecule has 0 saturated carbocycles. The number of nitrogens with zero attached hydrogens (tertiary/aromatic N) is 3. The third-order valence-electron chi connectivity index (χ3n) is 4.87. The van der Waals surface area contributed by atoms with Crippen LogP contribution in [0.3, 0.4) is 0 Å². The fourth-order valence-corrected chi connectivity index (χ4v) is 3.89. The molecule has 0 spiro atoms. The van der Waals surface area contributed by atoms with E-state index in [-0.39, 0.29) is 18.0 Å². The van der Waals surface area contributed by atoms with Crippen molar-refractivity contribution in [3.63, 3.8) is 0 Å². The predicted molar refractivity (Wildman–Crippen MR) is 119 cm³/mol. The monoisotopic (exact) mass is 469 g/mol. The molecule has 4 rings (SSSR count). The van der Waals surface area contributed by atoms with Crippen molar-refractivity contribution in [3.05, 3.63) is 107 Å². The van der Waals surface area contributed by atoms with E-state index in [1.165, 1.54) is 24.3 Å². The Labute approximate surface area is 190 Å². The number of sulfonamides is 1. The largest absolute Gasteiger partial charge is 0.306 e. The minimum atomic E-state index is -3.81. The van der Waals surface area contributed by atoms with Crippen molar-refractivity contribution in [1.29, 1.82) is 0 Å². The van der Waals surface area contributed by atoms with E-state index in [1.54, 1.807) is 16.8 Å². The van der Waals surface area contributed by atoms with Crippen LogP contribution in [0.1, 0.15) is 22.8 Å². The van der Waals surface area contributed by atoms with Crippen LogP contribution in [0.25, 0.3) is 5.69 Å². The molecule has 0 amide bonds. The van der Waals surface area contributed by atoms with Crippen molar-refractivity contribution in [2.24, 2.45) is 5.14 Å². The van der Waals surface area contributed by atoms with Gasteiger partial charge in [-0.25, -0.2) is 32.0 Å². The van der Waals surface area contributed by atoms with E-state index in [0.717, 1.165) is 11.6 Å². The summed E-state index contributed by atoms with van der Waals surface area (Å²) >= 11 is 0. The van der Waals surface area contributed by atoms with Crippen molar-refractivity contribution >= 4 is 10.0 Å². The second kappa shape index (κ2) is 9.57. The maximum atomic E-state index is 13.4. The van der Waals surface area contributed by atoms with E-state index >= 15 is 0 Å². The molecule has 0 radical (unpaired) electrons. The van der Waals surface area contributed by atoms with Crippen molar-refractivity contribution in [3.8, 4) is 5.69 Å². The van der Waals surface area contributed by atoms with Gasteiger partial charge in [-0.3, -0.25) is 0 Å². The number of nitrogens with one attached hydrogen (secondary N) is 1. The Morgan fingerprint density at radius 3 is 2.18 bits per heavy atom. The molecule has 0 aliphatic carbocycles. The summed E-state index contributed by atoms with van der Waals surface area (Å²) in [6.45, 7) is 0.502. The third-order valence-corrected chi connectivity index (χ3v) is 5.80. The predicted octanol–water partition coefficient (Wildman–Crippen LogP) is 3.07. The molecule has 3 N–H and O–H groups in total. The number of rotatable bonds is 8. The highest BCUT2D eigenvalue weighted by molar-refractivity contribution is 7.89. The van der Waals surface area contributed by atoms with E-state index < -0.39 is 21.7 Å². The zero-order chi connectivity index (χ0) is 23.4. The zero-order valence-corrected chi connectivity index (χ0v) is 18.3. The van der Waals surface area contributed by atoms with Crippen LogP contribution in [0, 0.1) is 11.6 Å². The maximum absolute atomic E-state index is 13.4. The van der Waals surface area contributed by atoms with Crippen molar-refractivity contribution < 1.29 is 17.2 Å². The summed E-state index contributed by atoms with van der Waals surface area (Å²) in [5, 5.41) is 12.8. The molecular weight excluding hydrogens is 448 g/mol. The molecule has 0 aliphatic heterocycles. The van der Waals surface area contributed by atoms with Crippen LogP contribution in [0.2, 0.25) is 0 Å². The van der Waals surface area contributed by atoms with Gasteiger partial charge in [-0.2, -0.15) is 0 Å². The average molecular weight is 470 g/mol. The Kier molecular flexibility index (Phi) is 6.59. The molecule has 4 aromatic rings. The summed E-state index contributed by atoms with van der Waals surface area (Å²) < 4.78 is 51.5. The topological polar surface area (TPSA) is 103 Å². The highest BCUT2D eigenvalue weighted by Crippen LogP contribution is 2.17. The molecule has 3 aromatic carbocycles. The first-order valence-electron chi connectivity index (χ1n) is 10.1. The van der Waals surface area contributed by atoms with E-state index in [0.29, 0.717) is 29.3 Å². The summed E-state index contributed by atoms with van der Waals surface area (Å²) in [6.07, 6.45) is 0.500. The van der Waals surface area contributed by atoms with Crippen molar-refractivity contribution in [2.45, 2.75) is 24.4 Å². The van der Waals surface area contributed by atoms with Gasteiger partial charge in [0.2, 0.25) is 10.0 Å². The lowest BCUT2D eigenvalue weighted by Crippen LogP contribution is -2.14. The van der Waals surface area contributed by atoms with E-state index in [2.05, 4.69) is 15.4 Å². The normalized spacial score (nSPS) is 11.6. The zero-order valence-electron chi connectivity index (χ0n) is 17.4. The highest BCUT2D eigenvalue weighted by atomic mass is 32.2. The van der Waals surface area contributed by atoms with Gasteiger partial charge in [0.15, 0.2) is 5.82 Å². The van der Waals surface area contributed by atoms with Crippen LogP contribution in [0.4, 0.5) is 8.78 Å². The summed E-state index contributed by atoms with van der Waals surface area (Å²) in [6, 6.07) is 19.1. The van der Waals surface area contributed by atoms with Crippen LogP contribution in [0.15, 0.2) is 77.7 Å². The first-order chi connectivity index (χ1) is 15.8. The summed E-state index contributed by atoms with van der Waals surface area (Å²) in [5.41, 5.74) is 2.12. The SMILES string of the molecule is NS(=O)(=O)c1ccc(-n2nc(CNCc3cc(F)cc(F)c3)nc2Cc2ccccc2)cc1. The molecule has 0 aliphatic rings. The second-order valence-electron chi connectivity index (χ2n) is 7.44. The van der Waals surface area contributed by atoms with Crippen LogP contribution in [-0.4, -0.2) is 23.2 Å². The second-order valence-corrected chi connectivity index (χ2v) is 9.00. The minimum Gasteiger partial charge on any atom is -0.306 e. The first-order valence-corrected chi connectivity index (χ1v) is 11.6. The lowest BCUT2D eigenvalue weighted by atomic mass is 10.1. The maximum Gasteiger partial charge on any atom is 0.238 e. The van der Waals surface area contributed by atoms with Crippen LogP contribution >= 0.6 is 0 Å². The Morgan fingerprint density at radius 1 is 0.879 bits per heavy atom. The molecule has 0 fully saturated rings. The summed E-state index contributed by atoms with van der Waals surface area (Å²) in [5.74, 6) is -0.143. The molecule has 0 unspecified atom stereocenters. The van der Waals surface area contributed by atoms with Crippen LogP contribution in [-0.2, 0) is 29.5 Å². The summed E-state index contributed by atoms with van der Waals surface area (Å²) in [4.78, 5) is 4.62. The van der Waals surface area contributed by atoms with Gasteiger partial charge in [-0.1, -0.05) is 30.3 Å². The quantitative estimate of drug-likeness (QED) is 0.413. The van der Waals surface area contributed by atoms with Gasteiger partial charge in [0.25, 0.3) is 0 Å². The fraction of sp³-hybridized carbons (Fsp3) is 0.130. The molecule has 0 saturated heterocycles. The smallest absolute Gasteiger partial charge is 0.238 e. The molecular formula is C23H21F2N5O2S. The van der Waals surface area contributed by atoms with Crippen LogP contribution in [0.5, 0.6) is 0 Å². The lowest BCUT2D eigenvalue weighted by Gasteiger charge is -2.07. The van der Waals surface area contributed by atoms with E-state index in [9.17, 15) is 17.2 Å². The van der Waals surface area contributed by atoms with Gasteiger partial charge in [0.05, 0.1) is 17.1 Å². The molecule has 1 aromatic heterocycles. The van der Waals surface area contributed by atoms with Crippen LogP contribution < -0.4 is 10.5 Å². The number of halogens is 2. The van der Waals surface area contributed by atoms with Gasteiger partial charge in [-0.15, -0.1) is 5.10 Å². The molecule has 170 valence electrons.